The van der Waals surface area contributed by atoms with Crippen molar-refractivity contribution >= 4 is 38.9 Å². The van der Waals surface area contributed by atoms with E-state index in [0.717, 1.165) is 36.6 Å². The van der Waals surface area contributed by atoms with Crippen molar-refractivity contribution in [3.63, 3.8) is 0 Å². The van der Waals surface area contributed by atoms with E-state index in [4.69, 9.17) is 5.73 Å². The molecule has 0 saturated heterocycles. The minimum Gasteiger partial charge on any atom is -0.465 e. The molecule has 0 fully saturated rings. The molecule has 0 bridgehead atoms. The number of esters is 1. The van der Waals surface area contributed by atoms with Crippen LogP contribution in [-0.4, -0.2) is 27.4 Å². The number of benzene rings is 1. The maximum Gasteiger partial charge on any atom is 0.337 e. The third kappa shape index (κ3) is 3.48. The zero-order valence-corrected chi connectivity index (χ0v) is 13.3. The third-order valence-electron chi connectivity index (χ3n) is 2.78. The molecule has 2 aromatic rings. The molecule has 0 aliphatic heterocycles. The van der Waals surface area contributed by atoms with E-state index in [2.05, 4.69) is 9.46 Å². The van der Waals surface area contributed by atoms with Crippen molar-refractivity contribution in [1.29, 1.82) is 0 Å². The smallest absolute Gasteiger partial charge is 0.337 e. The molecule has 0 radical (unpaired) electrons. The van der Waals surface area contributed by atoms with Crippen LogP contribution in [0.1, 0.15) is 20.0 Å². The van der Waals surface area contributed by atoms with Crippen LogP contribution >= 0.6 is 11.3 Å². The molecule has 122 valence electrons. The highest BCUT2D eigenvalue weighted by Crippen LogP contribution is 2.26. The van der Waals surface area contributed by atoms with E-state index in [1.807, 2.05) is 0 Å². The number of halogens is 1. The lowest BCUT2D eigenvalue weighted by Crippen LogP contribution is -2.18. The van der Waals surface area contributed by atoms with E-state index in [9.17, 15) is 22.4 Å². The fourth-order valence-electron chi connectivity index (χ4n) is 1.74. The van der Waals surface area contributed by atoms with Crippen molar-refractivity contribution in [3.05, 3.63) is 45.9 Å². The van der Waals surface area contributed by atoms with Crippen LogP contribution in [0.15, 0.2) is 34.5 Å². The lowest BCUT2D eigenvalue weighted by Gasteiger charge is -2.09. The zero-order chi connectivity index (χ0) is 17.2. The van der Waals surface area contributed by atoms with E-state index in [0.29, 0.717) is 0 Å². The highest BCUT2D eigenvalue weighted by molar-refractivity contribution is 7.92. The molecule has 0 unspecified atom stereocenters. The van der Waals surface area contributed by atoms with Crippen LogP contribution in [0, 0.1) is 5.82 Å². The van der Waals surface area contributed by atoms with Crippen molar-refractivity contribution in [2.45, 2.75) is 4.90 Å². The molecule has 0 aliphatic rings. The van der Waals surface area contributed by atoms with Gasteiger partial charge in [0, 0.05) is 0 Å². The third-order valence-corrected chi connectivity index (χ3v) is 5.10. The Labute approximate surface area is 134 Å². The van der Waals surface area contributed by atoms with E-state index >= 15 is 0 Å². The van der Waals surface area contributed by atoms with Gasteiger partial charge in [-0.3, -0.25) is 9.52 Å². The summed E-state index contributed by atoms with van der Waals surface area (Å²) in [5.41, 5.74) is 4.96. The number of rotatable bonds is 5. The molecule has 1 heterocycles. The van der Waals surface area contributed by atoms with Gasteiger partial charge < -0.3 is 10.5 Å². The Balaban J connectivity index is 2.38. The van der Waals surface area contributed by atoms with E-state index in [-0.39, 0.29) is 16.1 Å². The fourth-order valence-corrected chi connectivity index (χ4v) is 3.64. The molecule has 23 heavy (non-hydrogen) atoms. The number of primary amides is 1. The highest BCUT2D eigenvalue weighted by Gasteiger charge is 2.23. The molecule has 2 rings (SSSR count). The SMILES string of the molecule is COC(=O)c1ccc(S(=O)(=O)Nc2ccsc2C(N)=O)c(F)c1. The first-order valence-corrected chi connectivity index (χ1v) is 8.40. The van der Waals surface area contributed by atoms with E-state index in [1.165, 1.54) is 11.4 Å². The Morgan fingerprint density at radius 2 is 2.00 bits per heavy atom. The number of amides is 1. The molecule has 0 saturated carbocycles. The summed E-state index contributed by atoms with van der Waals surface area (Å²) in [5, 5.41) is 1.47. The van der Waals surface area contributed by atoms with Gasteiger partial charge in [0.05, 0.1) is 18.4 Å². The number of ether oxygens (including phenoxy) is 1. The molecule has 0 atom stereocenters. The van der Waals surface area contributed by atoms with Gasteiger partial charge in [0.2, 0.25) is 0 Å². The topological polar surface area (TPSA) is 116 Å². The number of carbonyl (C=O) groups excluding carboxylic acids is 2. The lowest BCUT2D eigenvalue weighted by atomic mass is 10.2. The van der Waals surface area contributed by atoms with E-state index < -0.39 is 32.6 Å². The number of nitrogens with one attached hydrogen (secondary N) is 1. The Bertz CT molecular complexity index is 876. The molecule has 10 heteroatoms. The summed E-state index contributed by atoms with van der Waals surface area (Å²) < 4.78 is 45.0. The van der Waals surface area contributed by atoms with Gasteiger partial charge in [-0.15, -0.1) is 11.3 Å². The van der Waals surface area contributed by atoms with Gasteiger partial charge in [-0.05, 0) is 29.6 Å². The average Bonchev–Trinajstić information content (AvgIpc) is 2.93. The standard InChI is InChI=1S/C13H11FN2O5S2/c1-21-13(18)7-2-3-10(8(14)6-7)23(19,20)16-9-4-5-22-11(9)12(15)17/h2-6,16H,1H3,(H2,15,17). The number of hydrogen-bond acceptors (Lipinski definition) is 6. The molecule has 0 aliphatic carbocycles. The summed E-state index contributed by atoms with van der Waals surface area (Å²) in [5.74, 6) is -2.73. The lowest BCUT2D eigenvalue weighted by molar-refractivity contribution is 0.0600. The summed E-state index contributed by atoms with van der Waals surface area (Å²) >= 11 is 0.951. The van der Waals surface area contributed by atoms with Crippen molar-refractivity contribution < 1.29 is 27.1 Å². The maximum absolute atomic E-state index is 14.0. The van der Waals surface area contributed by atoms with Gasteiger partial charge in [-0.25, -0.2) is 17.6 Å². The number of anilines is 1. The second kappa shape index (κ2) is 6.34. The minimum atomic E-state index is -4.30. The first-order valence-electron chi connectivity index (χ1n) is 6.04. The van der Waals surface area contributed by atoms with Crippen molar-refractivity contribution in [1.82, 2.24) is 0 Å². The first kappa shape index (κ1) is 16.9. The van der Waals surface area contributed by atoms with Crippen LogP contribution in [0.25, 0.3) is 0 Å². The van der Waals surface area contributed by atoms with Gasteiger partial charge in [-0.1, -0.05) is 0 Å². The monoisotopic (exact) mass is 358 g/mol. The van der Waals surface area contributed by atoms with Crippen LogP contribution in [0.4, 0.5) is 10.1 Å². The van der Waals surface area contributed by atoms with Gasteiger partial charge in [0.15, 0.2) is 0 Å². The molecular weight excluding hydrogens is 347 g/mol. The zero-order valence-electron chi connectivity index (χ0n) is 11.7. The van der Waals surface area contributed by atoms with E-state index in [1.54, 1.807) is 0 Å². The van der Waals surface area contributed by atoms with Crippen LogP contribution in [-0.2, 0) is 14.8 Å². The van der Waals surface area contributed by atoms with Crippen molar-refractivity contribution in [2.75, 3.05) is 11.8 Å². The number of hydrogen-bond donors (Lipinski definition) is 2. The van der Waals surface area contributed by atoms with Crippen LogP contribution in [0.3, 0.4) is 0 Å². The number of thiophene rings is 1. The van der Waals surface area contributed by atoms with Crippen molar-refractivity contribution in [2.24, 2.45) is 5.73 Å². The quantitative estimate of drug-likeness (QED) is 0.787. The predicted octanol–water partition coefficient (Wildman–Crippen LogP) is 1.57. The summed E-state index contributed by atoms with van der Waals surface area (Å²) in [6.45, 7) is 0. The molecular formula is C13H11FN2O5S2. The molecule has 1 aromatic heterocycles. The Morgan fingerprint density at radius 3 is 2.57 bits per heavy atom. The van der Waals surface area contributed by atoms with Gasteiger partial charge >= 0.3 is 5.97 Å². The summed E-state index contributed by atoms with van der Waals surface area (Å²) in [4.78, 5) is 21.8. The number of methoxy groups -OCH3 is 1. The van der Waals surface area contributed by atoms with Gasteiger partial charge in [0.1, 0.15) is 15.6 Å². The Hall–Kier alpha value is -2.46. The Morgan fingerprint density at radius 1 is 1.30 bits per heavy atom. The Kier molecular flexibility index (Phi) is 4.66. The van der Waals surface area contributed by atoms with Crippen molar-refractivity contribution in [3.8, 4) is 0 Å². The second-order valence-electron chi connectivity index (χ2n) is 4.27. The molecule has 1 amide bonds. The number of nitrogens with two attached hydrogens (primary N) is 1. The highest BCUT2D eigenvalue weighted by atomic mass is 32.2. The normalized spacial score (nSPS) is 11.0. The van der Waals surface area contributed by atoms with Crippen LogP contribution < -0.4 is 10.5 Å². The number of carbonyl (C=O) groups is 2. The minimum absolute atomic E-state index is 0.000152. The van der Waals surface area contributed by atoms with Crippen LogP contribution in [0.2, 0.25) is 0 Å². The fraction of sp³-hybridized carbons (Fsp3) is 0.0769. The summed E-state index contributed by atoms with van der Waals surface area (Å²) in [6.07, 6.45) is 0. The van der Waals surface area contributed by atoms with Crippen LogP contribution in [0.5, 0.6) is 0 Å². The molecule has 0 spiro atoms. The average molecular weight is 358 g/mol. The maximum atomic E-state index is 14.0. The summed E-state index contributed by atoms with van der Waals surface area (Å²) in [6, 6.07) is 4.14. The molecule has 3 N–H and O–H groups in total. The largest absolute Gasteiger partial charge is 0.465 e. The summed E-state index contributed by atoms with van der Waals surface area (Å²) in [7, 11) is -3.18. The van der Waals surface area contributed by atoms with Gasteiger partial charge in [-0.2, -0.15) is 0 Å². The van der Waals surface area contributed by atoms with Gasteiger partial charge in [0.25, 0.3) is 15.9 Å². The first-order chi connectivity index (χ1) is 10.8. The predicted molar refractivity (Wildman–Crippen MR) is 81.4 cm³/mol. The second-order valence-corrected chi connectivity index (χ2v) is 6.84. The molecule has 7 nitrogen and oxygen atoms in total. The molecule has 1 aromatic carbocycles. The number of sulfonamides is 1.